The number of carbonyl (C=O) groups excluding carboxylic acids is 5. The second kappa shape index (κ2) is 16.7. The molecular formula is C29H34O9S2. The van der Waals surface area contributed by atoms with Crippen molar-refractivity contribution < 1.29 is 42.9 Å². The first kappa shape index (κ1) is 32.9. The lowest BCUT2D eigenvalue weighted by Crippen LogP contribution is -2.20. The van der Waals surface area contributed by atoms with Gasteiger partial charge in [-0.15, -0.1) is 0 Å². The summed E-state index contributed by atoms with van der Waals surface area (Å²) in [4.78, 5) is 61.9. The van der Waals surface area contributed by atoms with Crippen molar-refractivity contribution in [1.82, 2.24) is 0 Å². The molecule has 1 saturated heterocycles. The molecule has 40 heavy (non-hydrogen) atoms. The lowest BCUT2D eigenvalue weighted by molar-refractivity contribution is -0.140. The number of ketones is 1. The van der Waals surface area contributed by atoms with E-state index < -0.39 is 23.9 Å². The molecular weight excluding hydrogens is 556 g/mol. The van der Waals surface area contributed by atoms with E-state index >= 15 is 0 Å². The minimum atomic E-state index is -0.891. The first-order chi connectivity index (χ1) is 19.0. The van der Waals surface area contributed by atoms with Crippen LogP contribution in [0.5, 0.6) is 0 Å². The van der Waals surface area contributed by atoms with E-state index in [1.165, 1.54) is 37.6 Å². The van der Waals surface area contributed by atoms with Gasteiger partial charge in [0.15, 0.2) is 5.78 Å². The second-order valence-corrected chi connectivity index (χ2v) is 11.2. The quantitative estimate of drug-likeness (QED) is 0.0808. The Morgan fingerprint density at radius 1 is 0.775 bits per heavy atom. The Bertz CT molecular complexity index is 1160. The van der Waals surface area contributed by atoms with Crippen LogP contribution in [-0.4, -0.2) is 79.1 Å². The summed E-state index contributed by atoms with van der Waals surface area (Å²) in [6.07, 6.45) is 0.287. The fraction of sp³-hybridized carbons (Fsp3) is 0.414. The molecule has 1 aliphatic heterocycles. The smallest absolute Gasteiger partial charge is 0.339 e. The number of ether oxygens (including phenoxy) is 4. The van der Waals surface area contributed by atoms with Crippen molar-refractivity contribution in [2.75, 3.05) is 49.4 Å². The molecule has 1 aromatic carbocycles. The predicted molar refractivity (Wildman–Crippen MR) is 155 cm³/mol. The standard InChI is InChI=1S/C29H34O9S2/c1-18(2)26(31)35-8-10-37-28(33)23-7-6-22(25(30)12-21-16-39-14-20(5)15-40-17-21)13-24(23)29(34)38-11-9-36-27(32)19(3)4/h6-7,13,21H,1,3,5,8-12,14-17H2,2,4H3. The van der Waals surface area contributed by atoms with Gasteiger partial charge in [-0.3, -0.25) is 4.79 Å². The van der Waals surface area contributed by atoms with Crippen LogP contribution in [0.15, 0.2) is 54.7 Å². The van der Waals surface area contributed by atoms with E-state index in [-0.39, 0.29) is 72.4 Å². The molecule has 0 spiro atoms. The predicted octanol–water partition coefficient (Wildman–Crippen LogP) is 4.46. The van der Waals surface area contributed by atoms with Gasteiger partial charge in [-0.2, -0.15) is 23.5 Å². The van der Waals surface area contributed by atoms with Crippen LogP contribution < -0.4 is 0 Å². The number of rotatable bonds is 13. The minimum Gasteiger partial charge on any atom is -0.459 e. The summed E-state index contributed by atoms with van der Waals surface area (Å²) in [6, 6.07) is 4.11. The van der Waals surface area contributed by atoms with Crippen LogP contribution >= 0.6 is 23.5 Å². The molecule has 0 atom stereocenters. The Kier molecular flexibility index (Phi) is 13.7. The first-order valence-corrected chi connectivity index (χ1v) is 14.8. The Morgan fingerprint density at radius 2 is 1.25 bits per heavy atom. The highest BCUT2D eigenvalue weighted by atomic mass is 32.2. The van der Waals surface area contributed by atoms with Gasteiger partial charge in [0.2, 0.25) is 0 Å². The van der Waals surface area contributed by atoms with E-state index in [0.717, 1.165) is 23.0 Å². The average molecular weight is 591 g/mol. The normalized spacial score (nSPS) is 13.8. The van der Waals surface area contributed by atoms with Gasteiger partial charge in [-0.1, -0.05) is 31.4 Å². The number of esters is 4. The summed E-state index contributed by atoms with van der Waals surface area (Å²) in [5.74, 6) is 0.332. The molecule has 2 rings (SSSR count). The molecule has 0 aliphatic carbocycles. The third-order valence-electron chi connectivity index (χ3n) is 5.37. The van der Waals surface area contributed by atoms with Crippen molar-refractivity contribution in [3.05, 3.63) is 71.3 Å². The van der Waals surface area contributed by atoms with Crippen molar-refractivity contribution in [1.29, 1.82) is 0 Å². The van der Waals surface area contributed by atoms with Crippen LogP contribution in [0.4, 0.5) is 0 Å². The maximum Gasteiger partial charge on any atom is 0.339 e. The summed E-state index contributed by atoms with van der Waals surface area (Å²) >= 11 is 3.49. The van der Waals surface area contributed by atoms with E-state index in [4.69, 9.17) is 18.9 Å². The summed E-state index contributed by atoms with van der Waals surface area (Å²) in [7, 11) is 0. The van der Waals surface area contributed by atoms with Crippen LogP contribution in [0.25, 0.3) is 0 Å². The molecule has 0 amide bonds. The number of thioether (sulfide) groups is 2. The van der Waals surface area contributed by atoms with E-state index in [1.807, 2.05) is 0 Å². The van der Waals surface area contributed by atoms with Crippen LogP contribution in [0.2, 0.25) is 0 Å². The lowest BCUT2D eigenvalue weighted by Gasteiger charge is -2.19. The Balaban J connectivity index is 2.14. The van der Waals surface area contributed by atoms with Gasteiger partial charge < -0.3 is 18.9 Å². The van der Waals surface area contributed by atoms with Gasteiger partial charge in [-0.25, -0.2) is 19.2 Å². The first-order valence-electron chi connectivity index (χ1n) is 12.5. The zero-order valence-corrected chi connectivity index (χ0v) is 24.4. The summed E-state index contributed by atoms with van der Waals surface area (Å²) < 4.78 is 20.2. The highest BCUT2D eigenvalue weighted by Crippen LogP contribution is 2.26. The van der Waals surface area contributed by atoms with Gasteiger partial charge in [0.05, 0.1) is 11.1 Å². The number of Topliss-reactive ketones (excluding diaryl/α,β-unsaturated/α-hetero) is 1. The van der Waals surface area contributed by atoms with Crippen LogP contribution in [-0.2, 0) is 28.5 Å². The molecule has 9 nitrogen and oxygen atoms in total. The molecule has 0 bridgehead atoms. The number of benzene rings is 1. The van der Waals surface area contributed by atoms with Gasteiger partial charge in [0.25, 0.3) is 0 Å². The van der Waals surface area contributed by atoms with Crippen molar-refractivity contribution in [2.24, 2.45) is 5.92 Å². The Labute approximate surface area is 242 Å². The second-order valence-electron chi connectivity index (χ2n) is 9.14. The van der Waals surface area contributed by atoms with Gasteiger partial charge in [-0.05, 0) is 43.4 Å². The molecule has 0 unspecified atom stereocenters. The SMILES string of the molecule is C=C1CSCC(CC(=O)c2ccc(C(=O)OCCOC(=O)C(=C)C)c(C(=O)OCCOC(=O)C(=C)C)c2)CSC1. The third-order valence-corrected chi connectivity index (χ3v) is 8.01. The number of carbonyl (C=O) groups is 5. The maximum absolute atomic E-state index is 13.1. The number of hydrogen-bond acceptors (Lipinski definition) is 11. The van der Waals surface area contributed by atoms with Crippen molar-refractivity contribution >= 4 is 53.2 Å². The zero-order valence-electron chi connectivity index (χ0n) is 22.8. The Morgan fingerprint density at radius 3 is 1.75 bits per heavy atom. The van der Waals surface area contributed by atoms with E-state index in [0.29, 0.717) is 0 Å². The van der Waals surface area contributed by atoms with Crippen LogP contribution in [0.3, 0.4) is 0 Å². The molecule has 1 fully saturated rings. The highest BCUT2D eigenvalue weighted by Gasteiger charge is 2.24. The van der Waals surface area contributed by atoms with Crippen LogP contribution in [0, 0.1) is 5.92 Å². The molecule has 216 valence electrons. The fourth-order valence-electron chi connectivity index (χ4n) is 3.33. The maximum atomic E-state index is 13.1. The van der Waals surface area contributed by atoms with Gasteiger partial charge in [0.1, 0.15) is 26.4 Å². The fourth-order valence-corrected chi connectivity index (χ4v) is 5.77. The summed E-state index contributed by atoms with van der Waals surface area (Å²) in [5, 5.41) is 0. The molecule has 0 saturated carbocycles. The van der Waals surface area contributed by atoms with Gasteiger partial charge >= 0.3 is 23.9 Å². The minimum absolute atomic E-state index is 0.123. The Hall–Kier alpha value is -3.31. The highest BCUT2D eigenvalue weighted by molar-refractivity contribution is 8.01. The third kappa shape index (κ3) is 11.1. The molecule has 1 aliphatic rings. The van der Waals surface area contributed by atoms with Crippen molar-refractivity contribution in [2.45, 2.75) is 20.3 Å². The van der Waals surface area contributed by atoms with Crippen molar-refractivity contribution in [3.63, 3.8) is 0 Å². The monoisotopic (exact) mass is 590 g/mol. The molecule has 1 heterocycles. The average Bonchev–Trinajstić information content (AvgIpc) is 2.90. The van der Waals surface area contributed by atoms with E-state index in [2.05, 4.69) is 19.7 Å². The van der Waals surface area contributed by atoms with Gasteiger partial charge in [0, 0.05) is 34.6 Å². The molecule has 0 N–H and O–H groups in total. The topological polar surface area (TPSA) is 122 Å². The molecule has 0 aromatic heterocycles. The molecule has 11 heteroatoms. The van der Waals surface area contributed by atoms with E-state index in [9.17, 15) is 24.0 Å². The molecule has 0 radical (unpaired) electrons. The largest absolute Gasteiger partial charge is 0.459 e. The van der Waals surface area contributed by atoms with Crippen LogP contribution in [0.1, 0.15) is 51.3 Å². The summed E-state index contributed by atoms with van der Waals surface area (Å²) in [5.41, 5.74) is 1.54. The molecule has 1 aromatic rings. The van der Waals surface area contributed by atoms with Crippen molar-refractivity contribution in [3.8, 4) is 0 Å². The summed E-state index contributed by atoms with van der Waals surface area (Å²) in [6.45, 7) is 13.0. The lowest BCUT2D eigenvalue weighted by atomic mass is 9.97. The zero-order chi connectivity index (χ0) is 29.7. The number of hydrogen-bond donors (Lipinski definition) is 0. The van der Waals surface area contributed by atoms with E-state index in [1.54, 1.807) is 23.5 Å².